The third-order valence-electron chi connectivity index (χ3n) is 2.73. The van der Waals surface area contributed by atoms with Gasteiger partial charge in [0.05, 0.1) is 0 Å². The zero-order valence-electron chi connectivity index (χ0n) is 9.92. The number of rotatable bonds is 5. The zero-order valence-corrected chi connectivity index (χ0v) is 10.7. The molecule has 1 aliphatic rings. The van der Waals surface area contributed by atoms with Crippen LogP contribution in [0, 0.1) is 0 Å². The van der Waals surface area contributed by atoms with Crippen LogP contribution in [-0.4, -0.2) is 48.6 Å². The minimum Gasteiger partial charge on any atom is -0.311 e. The fourth-order valence-electron chi connectivity index (χ4n) is 1.87. The maximum Gasteiger partial charge on any atom is 0.0171 e. The first-order valence-electron chi connectivity index (χ1n) is 5.60. The third kappa shape index (κ3) is 4.67. The molecule has 2 nitrogen and oxygen atoms in total. The van der Waals surface area contributed by atoms with Gasteiger partial charge in [0.15, 0.2) is 0 Å². The standard InChI is InChI=1S/C11H24N2S/c1-9(5-6-13(3)4)12-11-7-10(2)14-8-11/h9-12H,5-8H2,1-4H3. The van der Waals surface area contributed by atoms with Crippen molar-refractivity contribution in [3.63, 3.8) is 0 Å². The van der Waals surface area contributed by atoms with Crippen LogP contribution in [0.2, 0.25) is 0 Å². The number of hydrogen-bond acceptors (Lipinski definition) is 3. The summed E-state index contributed by atoms with van der Waals surface area (Å²) in [4.78, 5) is 2.25. The molecule has 1 fully saturated rings. The van der Waals surface area contributed by atoms with Crippen molar-refractivity contribution in [2.45, 2.75) is 44.0 Å². The molecule has 0 bridgehead atoms. The molecule has 14 heavy (non-hydrogen) atoms. The summed E-state index contributed by atoms with van der Waals surface area (Å²) in [6, 6.07) is 1.42. The van der Waals surface area contributed by atoms with E-state index in [1.54, 1.807) is 0 Å². The van der Waals surface area contributed by atoms with E-state index in [2.05, 4.69) is 49.9 Å². The second-order valence-electron chi connectivity index (χ2n) is 4.74. The number of nitrogens with zero attached hydrogens (tertiary/aromatic N) is 1. The van der Waals surface area contributed by atoms with Gasteiger partial charge in [0.2, 0.25) is 0 Å². The Morgan fingerprint density at radius 1 is 1.50 bits per heavy atom. The topological polar surface area (TPSA) is 15.3 Å². The Bertz CT molecular complexity index is 161. The summed E-state index contributed by atoms with van der Waals surface area (Å²) in [7, 11) is 4.28. The molecular weight excluding hydrogens is 192 g/mol. The summed E-state index contributed by atoms with van der Waals surface area (Å²) >= 11 is 2.10. The lowest BCUT2D eigenvalue weighted by Crippen LogP contribution is -2.38. The smallest absolute Gasteiger partial charge is 0.0171 e. The van der Waals surface area contributed by atoms with Crippen LogP contribution < -0.4 is 5.32 Å². The summed E-state index contributed by atoms with van der Waals surface area (Å²) < 4.78 is 0. The van der Waals surface area contributed by atoms with E-state index in [-0.39, 0.29) is 0 Å². The number of hydrogen-bond donors (Lipinski definition) is 1. The summed E-state index contributed by atoms with van der Waals surface area (Å²) in [5, 5.41) is 4.57. The van der Waals surface area contributed by atoms with Crippen molar-refractivity contribution in [1.82, 2.24) is 10.2 Å². The van der Waals surface area contributed by atoms with Crippen LogP contribution in [-0.2, 0) is 0 Å². The molecule has 0 aromatic rings. The van der Waals surface area contributed by atoms with Crippen molar-refractivity contribution in [3.8, 4) is 0 Å². The van der Waals surface area contributed by atoms with Gasteiger partial charge in [-0.2, -0.15) is 11.8 Å². The maximum atomic E-state index is 3.72. The van der Waals surface area contributed by atoms with Gasteiger partial charge in [0.25, 0.3) is 0 Å². The first kappa shape index (κ1) is 12.3. The molecule has 0 spiro atoms. The molecule has 1 aliphatic heterocycles. The van der Waals surface area contributed by atoms with Crippen LogP contribution >= 0.6 is 11.8 Å². The first-order chi connectivity index (χ1) is 6.58. The fourth-order valence-corrected chi connectivity index (χ4v) is 3.03. The van der Waals surface area contributed by atoms with Gasteiger partial charge < -0.3 is 10.2 Å². The SMILES string of the molecule is CC(CCN(C)C)NC1CSC(C)C1. The van der Waals surface area contributed by atoms with Crippen LogP contribution in [0.15, 0.2) is 0 Å². The van der Waals surface area contributed by atoms with Gasteiger partial charge in [-0.05, 0) is 40.4 Å². The Balaban J connectivity index is 2.10. The first-order valence-corrected chi connectivity index (χ1v) is 6.65. The Hall–Kier alpha value is 0.270. The monoisotopic (exact) mass is 216 g/mol. The highest BCUT2D eigenvalue weighted by atomic mass is 32.2. The van der Waals surface area contributed by atoms with E-state index in [1.165, 1.54) is 25.1 Å². The summed E-state index contributed by atoms with van der Waals surface area (Å²) in [5.41, 5.74) is 0. The molecule has 0 aromatic heterocycles. The van der Waals surface area contributed by atoms with E-state index in [9.17, 15) is 0 Å². The summed E-state index contributed by atoms with van der Waals surface area (Å²) in [6.45, 7) is 5.82. The highest BCUT2D eigenvalue weighted by Gasteiger charge is 2.22. The van der Waals surface area contributed by atoms with Crippen LogP contribution in [0.5, 0.6) is 0 Å². The lowest BCUT2D eigenvalue weighted by Gasteiger charge is -2.20. The highest BCUT2D eigenvalue weighted by molar-refractivity contribution is 8.00. The summed E-state index contributed by atoms with van der Waals surface area (Å²) in [5.74, 6) is 1.30. The lowest BCUT2D eigenvalue weighted by molar-refractivity contribution is 0.352. The van der Waals surface area contributed by atoms with Crippen LogP contribution in [0.25, 0.3) is 0 Å². The van der Waals surface area contributed by atoms with Crippen molar-refractivity contribution in [1.29, 1.82) is 0 Å². The molecule has 0 radical (unpaired) electrons. The molecule has 1 N–H and O–H groups in total. The Morgan fingerprint density at radius 2 is 2.21 bits per heavy atom. The van der Waals surface area contributed by atoms with E-state index < -0.39 is 0 Å². The van der Waals surface area contributed by atoms with E-state index in [4.69, 9.17) is 0 Å². The molecule has 84 valence electrons. The predicted molar refractivity (Wildman–Crippen MR) is 66.1 cm³/mol. The third-order valence-corrected chi connectivity index (χ3v) is 4.08. The average Bonchev–Trinajstić information content (AvgIpc) is 2.48. The van der Waals surface area contributed by atoms with Gasteiger partial charge in [-0.3, -0.25) is 0 Å². The minimum absolute atomic E-state index is 0.660. The number of thioether (sulfide) groups is 1. The molecule has 3 unspecified atom stereocenters. The van der Waals surface area contributed by atoms with Gasteiger partial charge in [-0.25, -0.2) is 0 Å². The van der Waals surface area contributed by atoms with E-state index in [0.717, 1.165) is 11.3 Å². The molecule has 3 heteroatoms. The molecule has 3 atom stereocenters. The van der Waals surface area contributed by atoms with Crippen LogP contribution in [0.4, 0.5) is 0 Å². The van der Waals surface area contributed by atoms with Gasteiger partial charge in [-0.15, -0.1) is 0 Å². The van der Waals surface area contributed by atoms with Crippen molar-refractivity contribution in [2.24, 2.45) is 0 Å². The Labute approximate surface area is 92.8 Å². The minimum atomic E-state index is 0.660. The van der Waals surface area contributed by atoms with E-state index >= 15 is 0 Å². The fraction of sp³-hybridized carbons (Fsp3) is 1.00. The molecule has 0 amide bonds. The lowest BCUT2D eigenvalue weighted by atomic mass is 10.1. The molecule has 0 saturated carbocycles. The van der Waals surface area contributed by atoms with Crippen molar-refractivity contribution >= 4 is 11.8 Å². The average molecular weight is 216 g/mol. The van der Waals surface area contributed by atoms with Gasteiger partial charge >= 0.3 is 0 Å². The van der Waals surface area contributed by atoms with E-state index in [0.29, 0.717) is 6.04 Å². The molecule has 1 saturated heterocycles. The van der Waals surface area contributed by atoms with E-state index in [1.807, 2.05) is 0 Å². The molecule has 1 heterocycles. The molecule has 0 aromatic carbocycles. The molecular formula is C11H24N2S. The van der Waals surface area contributed by atoms with Gasteiger partial charge in [0.1, 0.15) is 0 Å². The van der Waals surface area contributed by atoms with Crippen molar-refractivity contribution in [3.05, 3.63) is 0 Å². The Kier molecular flexibility index (Phi) is 5.28. The maximum absolute atomic E-state index is 3.72. The van der Waals surface area contributed by atoms with Crippen molar-refractivity contribution in [2.75, 3.05) is 26.4 Å². The second-order valence-corrected chi connectivity index (χ2v) is 6.21. The number of nitrogens with one attached hydrogen (secondary N) is 1. The predicted octanol–water partition coefficient (Wildman–Crippen LogP) is 1.81. The highest BCUT2D eigenvalue weighted by Crippen LogP contribution is 2.26. The van der Waals surface area contributed by atoms with Gasteiger partial charge in [-0.1, -0.05) is 6.92 Å². The van der Waals surface area contributed by atoms with Crippen LogP contribution in [0.1, 0.15) is 26.7 Å². The molecule has 0 aliphatic carbocycles. The van der Waals surface area contributed by atoms with Crippen molar-refractivity contribution < 1.29 is 0 Å². The second kappa shape index (κ2) is 5.99. The quantitative estimate of drug-likeness (QED) is 0.754. The van der Waals surface area contributed by atoms with Crippen LogP contribution in [0.3, 0.4) is 0 Å². The molecule has 1 rings (SSSR count). The van der Waals surface area contributed by atoms with Gasteiger partial charge in [0, 0.05) is 23.1 Å². The zero-order chi connectivity index (χ0) is 10.6. The Morgan fingerprint density at radius 3 is 2.71 bits per heavy atom. The normalized spacial score (nSPS) is 29.8. The largest absolute Gasteiger partial charge is 0.311 e. The summed E-state index contributed by atoms with van der Waals surface area (Å²) in [6.07, 6.45) is 2.60.